The molecule has 4 amide bonds. The third-order valence-electron chi connectivity index (χ3n) is 8.28. The third-order valence-corrected chi connectivity index (χ3v) is 8.28. The fourth-order valence-electron chi connectivity index (χ4n) is 6.07. The normalized spacial score (nSPS) is 17.5. The van der Waals surface area contributed by atoms with Gasteiger partial charge in [-0.15, -0.1) is 0 Å². The van der Waals surface area contributed by atoms with Crippen molar-refractivity contribution in [2.45, 2.75) is 38.3 Å². The lowest BCUT2D eigenvalue weighted by Gasteiger charge is -2.30. The SMILES string of the molecule is C[C@H](C[C@@H](Cc1ccc(-c2ccccc2)cc1)N1C(=O)c2ccccc2C1=O)C(=O)N1C(=O)OC[C@H]1Cc1ccccc1. The minimum absolute atomic E-state index is 0.127. The summed E-state index contributed by atoms with van der Waals surface area (Å²) in [6.07, 6.45) is 0.398. The second-order valence-electron chi connectivity index (χ2n) is 11.2. The number of ether oxygens (including phenoxy) is 1. The first-order valence-corrected chi connectivity index (χ1v) is 14.6. The van der Waals surface area contributed by atoms with E-state index in [4.69, 9.17) is 4.74 Å². The molecule has 0 saturated carbocycles. The molecule has 216 valence electrons. The summed E-state index contributed by atoms with van der Waals surface area (Å²) in [7, 11) is 0. The van der Waals surface area contributed by atoms with Crippen LogP contribution in [0.5, 0.6) is 0 Å². The van der Waals surface area contributed by atoms with E-state index in [9.17, 15) is 19.2 Å². The van der Waals surface area contributed by atoms with E-state index >= 15 is 0 Å². The Morgan fingerprint density at radius 2 is 1.30 bits per heavy atom. The first kappa shape index (κ1) is 28.1. The van der Waals surface area contributed by atoms with E-state index < -0.39 is 24.1 Å². The molecule has 4 aromatic rings. The van der Waals surface area contributed by atoms with Crippen LogP contribution in [-0.2, 0) is 22.4 Å². The van der Waals surface area contributed by atoms with Crippen LogP contribution in [0.1, 0.15) is 45.2 Å². The van der Waals surface area contributed by atoms with Gasteiger partial charge in [0.2, 0.25) is 5.91 Å². The summed E-state index contributed by atoms with van der Waals surface area (Å²) in [5.41, 5.74) is 4.81. The smallest absolute Gasteiger partial charge is 0.416 e. The summed E-state index contributed by atoms with van der Waals surface area (Å²) in [6, 6.07) is 33.5. The van der Waals surface area contributed by atoms with Crippen LogP contribution in [0.25, 0.3) is 11.1 Å². The zero-order valence-electron chi connectivity index (χ0n) is 23.9. The molecule has 1 fully saturated rings. The van der Waals surface area contributed by atoms with Crippen molar-refractivity contribution in [1.82, 2.24) is 9.80 Å². The summed E-state index contributed by atoms with van der Waals surface area (Å²) in [5.74, 6) is -1.76. The average Bonchev–Trinajstić information content (AvgIpc) is 3.52. The fourth-order valence-corrected chi connectivity index (χ4v) is 6.07. The maximum Gasteiger partial charge on any atom is 0.416 e. The van der Waals surface area contributed by atoms with Gasteiger partial charge in [0.05, 0.1) is 17.2 Å². The Balaban J connectivity index is 1.25. The lowest BCUT2D eigenvalue weighted by molar-refractivity contribution is -0.133. The molecule has 7 nitrogen and oxygen atoms in total. The van der Waals surface area contributed by atoms with Crippen molar-refractivity contribution in [1.29, 1.82) is 0 Å². The van der Waals surface area contributed by atoms with Crippen molar-refractivity contribution < 1.29 is 23.9 Å². The van der Waals surface area contributed by atoms with Gasteiger partial charge in [0, 0.05) is 12.0 Å². The number of hydrogen-bond donors (Lipinski definition) is 0. The van der Waals surface area contributed by atoms with Crippen molar-refractivity contribution >= 4 is 23.8 Å². The molecule has 4 aromatic carbocycles. The number of cyclic esters (lactones) is 1. The maximum atomic E-state index is 13.8. The zero-order valence-corrected chi connectivity index (χ0v) is 23.9. The lowest BCUT2D eigenvalue weighted by Crippen LogP contribution is -2.47. The summed E-state index contributed by atoms with van der Waals surface area (Å²) < 4.78 is 5.29. The fraction of sp³-hybridized carbons (Fsp3) is 0.222. The Kier molecular flexibility index (Phi) is 7.88. The van der Waals surface area contributed by atoms with Gasteiger partial charge in [0.25, 0.3) is 11.8 Å². The summed E-state index contributed by atoms with van der Waals surface area (Å²) in [4.78, 5) is 56.1. The summed E-state index contributed by atoms with van der Waals surface area (Å²) >= 11 is 0. The molecular formula is C36H32N2O5. The molecule has 6 rings (SSSR count). The van der Waals surface area contributed by atoms with Gasteiger partial charge in [-0.1, -0.05) is 104 Å². The molecule has 3 atom stereocenters. The topological polar surface area (TPSA) is 84.0 Å². The van der Waals surface area contributed by atoms with Crippen LogP contribution in [0.4, 0.5) is 4.79 Å². The van der Waals surface area contributed by atoms with Crippen molar-refractivity contribution in [3.05, 3.63) is 131 Å². The van der Waals surface area contributed by atoms with Gasteiger partial charge >= 0.3 is 6.09 Å². The number of fused-ring (bicyclic) bond motifs is 1. The average molecular weight is 573 g/mol. The number of benzene rings is 4. The molecule has 0 unspecified atom stereocenters. The molecule has 7 heteroatoms. The maximum absolute atomic E-state index is 13.8. The standard InChI is InChI=1S/C36H32N2O5/c1-24(33(39)38-30(23-43-36(38)42)22-25-10-4-2-5-11-25)20-29(37-34(40)31-14-8-9-15-32(31)35(37)41)21-26-16-18-28(19-17-26)27-12-6-3-7-13-27/h2-19,24,29-30H,20-23H2,1H3/t24-,29+,30-/m1/s1. The Bertz CT molecular complexity index is 1620. The van der Waals surface area contributed by atoms with Gasteiger partial charge in [0.15, 0.2) is 0 Å². The number of hydrogen-bond acceptors (Lipinski definition) is 5. The van der Waals surface area contributed by atoms with Crippen LogP contribution in [-0.4, -0.2) is 52.3 Å². The van der Waals surface area contributed by atoms with E-state index in [1.807, 2.05) is 84.9 Å². The number of rotatable bonds is 9. The van der Waals surface area contributed by atoms with Gasteiger partial charge < -0.3 is 4.74 Å². The van der Waals surface area contributed by atoms with E-state index in [0.29, 0.717) is 24.0 Å². The molecular weight excluding hydrogens is 540 g/mol. The number of carbonyl (C=O) groups excluding carboxylic acids is 4. The molecule has 0 aliphatic carbocycles. The number of imide groups is 2. The Labute approximate surface area is 250 Å². The first-order valence-electron chi connectivity index (χ1n) is 14.6. The Morgan fingerprint density at radius 3 is 1.93 bits per heavy atom. The van der Waals surface area contributed by atoms with E-state index in [0.717, 1.165) is 22.3 Å². The first-order chi connectivity index (χ1) is 20.9. The highest BCUT2D eigenvalue weighted by atomic mass is 16.6. The van der Waals surface area contributed by atoms with Gasteiger partial charge in [-0.3, -0.25) is 19.3 Å². The Morgan fingerprint density at radius 1 is 0.744 bits per heavy atom. The van der Waals surface area contributed by atoms with Crippen LogP contribution in [0.3, 0.4) is 0 Å². The summed E-state index contributed by atoms with van der Waals surface area (Å²) in [5, 5.41) is 0. The van der Waals surface area contributed by atoms with Gasteiger partial charge in [-0.25, -0.2) is 9.69 Å². The highest BCUT2D eigenvalue weighted by molar-refractivity contribution is 6.21. The molecule has 2 aliphatic rings. The predicted molar refractivity (Wildman–Crippen MR) is 162 cm³/mol. The minimum Gasteiger partial charge on any atom is -0.447 e. The molecule has 0 N–H and O–H groups in total. The molecule has 0 aromatic heterocycles. The van der Waals surface area contributed by atoms with Crippen molar-refractivity contribution in [3.63, 3.8) is 0 Å². The van der Waals surface area contributed by atoms with Crippen LogP contribution in [0, 0.1) is 5.92 Å². The van der Waals surface area contributed by atoms with Crippen molar-refractivity contribution in [3.8, 4) is 11.1 Å². The lowest BCUT2D eigenvalue weighted by atomic mass is 9.92. The van der Waals surface area contributed by atoms with E-state index in [-0.39, 0.29) is 30.7 Å². The minimum atomic E-state index is -0.661. The largest absolute Gasteiger partial charge is 0.447 e. The van der Waals surface area contributed by atoms with Crippen molar-refractivity contribution in [2.75, 3.05) is 6.61 Å². The molecule has 0 spiro atoms. The van der Waals surface area contributed by atoms with E-state index in [2.05, 4.69) is 0 Å². The molecule has 2 heterocycles. The molecule has 0 radical (unpaired) electrons. The second kappa shape index (κ2) is 12.1. The monoisotopic (exact) mass is 572 g/mol. The molecule has 0 bridgehead atoms. The van der Waals surface area contributed by atoms with Crippen LogP contribution in [0.2, 0.25) is 0 Å². The van der Waals surface area contributed by atoms with Crippen molar-refractivity contribution in [2.24, 2.45) is 5.92 Å². The predicted octanol–water partition coefficient (Wildman–Crippen LogP) is 6.18. The number of carbonyl (C=O) groups is 4. The van der Waals surface area contributed by atoms with Gasteiger partial charge in [-0.2, -0.15) is 0 Å². The summed E-state index contributed by atoms with van der Waals surface area (Å²) in [6.45, 7) is 1.87. The van der Waals surface area contributed by atoms with Crippen LogP contribution in [0.15, 0.2) is 109 Å². The molecule has 1 saturated heterocycles. The highest BCUT2D eigenvalue weighted by Gasteiger charge is 2.43. The van der Waals surface area contributed by atoms with Gasteiger partial charge in [-0.05, 0) is 53.6 Å². The van der Waals surface area contributed by atoms with E-state index in [1.54, 1.807) is 31.2 Å². The van der Waals surface area contributed by atoms with Crippen LogP contribution >= 0.6 is 0 Å². The third kappa shape index (κ3) is 5.71. The molecule has 2 aliphatic heterocycles. The quantitative estimate of drug-likeness (QED) is 0.224. The van der Waals surface area contributed by atoms with E-state index in [1.165, 1.54) is 9.80 Å². The highest BCUT2D eigenvalue weighted by Crippen LogP contribution is 2.31. The Hall–Kier alpha value is -5.04. The molecule has 43 heavy (non-hydrogen) atoms. The second-order valence-corrected chi connectivity index (χ2v) is 11.2. The number of nitrogens with zero attached hydrogens (tertiary/aromatic N) is 2. The zero-order chi connectivity index (χ0) is 29.9. The van der Waals surface area contributed by atoms with Gasteiger partial charge in [0.1, 0.15) is 6.61 Å². The van der Waals surface area contributed by atoms with Crippen LogP contribution < -0.4 is 0 Å². The number of amides is 4.